The quantitative estimate of drug-likeness (QED) is 0.870. The molecule has 0 radical (unpaired) electrons. The highest BCUT2D eigenvalue weighted by molar-refractivity contribution is 8.00. The third kappa shape index (κ3) is 3.57. The number of rotatable bonds is 4. The monoisotopic (exact) mass is 276 g/mol. The number of benzene rings is 1. The summed E-state index contributed by atoms with van der Waals surface area (Å²) in [5.41, 5.74) is 1.93. The van der Waals surface area contributed by atoms with Crippen molar-refractivity contribution in [3.63, 3.8) is 0 Å². The maximum absolute atomic E-state index is 12.1. The molecule has 2 rings (SSSR count). The number of aromatic nitrogens is 3. The minimum Gasteiger partial charge on any atom is -0.325 e. The van der Waals surface area contributed by atoms with Crippen LogP contribution in [0, 0.1) is 6.92 Å². The Labute approximate surface area is 116 Å². The summed E-state index contributed by atoms with van der Waals surface area (Å²) in [4.78, 5) is 12.1. The van der Waals surface area contributed by atoms with Crippen molar-refractivity contribution in [2.24, 2.45) is 7.05 Å². The zero-order valence-electron chi connectivity index (χ0n) is 11.1. The number of carbonyl (C=O) groups excluding carboxylic acids is 1. The van der Waals surface area contributed by atoms with Crippen molar-refractivity contribution in [3.8, 4) is 0 Å². The summed E-state index contributed by atoms with van der Waals surface area (Å²) in [6, 6.07) is 7.74. The number of nitrogens with zero attached hydrogens (tertiary/aromatic N) is 3. The maximum atomic E-state index is 12.1. The summed E-state index contributed by atoms with van der Waals surface area (Å²) in [5.74, 6) is -0.0430. The molecule has 19 heavy (non-hydrogen) atoms. The predicted octanol–water partition coefficient (Wildman–Crippen LogP) is 2.24. The van der Waals surface area contributed by atoms with Gasteiger partial charge in [-0.1, -0.05) is 23.9 Å². The molecule has 0 saturated heterocycles. The smallest absolute Gasteiger partial charge is 0.237 e. The second-order valence-electron chi connectivity index (χ2n) is 4.34. The molecule has 0 aliphatic heterocycles. The molecule has 0 spiro atoms. The van der Waals surface area contributed by atoms with Crippen molar-refractivity contribution >= 4 is 23.4 Å². The molecule has 1 amide bonds. The number of amides is 1. The van der Waals surface area contributed by atoms with E-state index in [0.29, 0.717) is 0 Å². The number of thioether (sulfide) groups is 1. The molecule has 5 nitrogen and oxygen atoms in total. The molecule has 6 heteroatoms. The molecular formula is C13H16N4OS. The summed E-state index contributed by atoms with van der Waals surface area (Å²) < 4.78 is 1.79. The predicted molar refractivity (Wildman–Crippen MR) is 76.1 cm³/mol. The second-order valence-corrected chi connectivity index (χ2v) is 5.65. The first kappa shape index (κ1) is 13.6. The molecule has 1 heterocycles. The molecule has 0 aliphatic rings. The van der Waals surface area contributed by atoms with Crippen LogP contribution in [0.15, 0.2) is 35.7 Å². The van der Waals surface area contributed by atoms with Gasteiger partial charge in [-0.2, -0.15) is 0 Å². The van der Waals surface area contributed by atoms with Gasteiger partial charge < -0.3 is 9.88 Å². The average molecular weight is 276 g/mol. The summed E-state index contributed by atoms with van der Waals surface area (Å²) in [5, 5.41) is 11.1. The highest BCUT2D eigenvalue weighted by Gasteiger charge is 2.17. The lowest BCUT2D eigenvalue weighted by atomic mass is 10.2. The third-order valence-electron chi connectivity index (χ3n) is 2.61. The largest absolute Gasteiger partial charge is 0.325 e. The second kappa shape index (κ2) is 5.88. The third-order valence-corrected chi connectivity index (χ3v) is 3.75. The number of nitrogens with one attached hydrogen (secondary N) is 1. The van der Waals surface area contributed by atoms with E-state index in [0.717, 1.165) is 16.4 Å². The SMILES string of the molecule is Cc1cccc(NC(=O)[C@@H](C)Sc2nncn2C)c1. The van der Waals surface area contributed by atoms with E-state index in [4.69, 9.17) is 0 Å². The Kier molecular flexibility index (Phi) is 4.21. The average Bonchev–Trinajstić information content (AvgIpc) is 2.75. The molecule has 0 saturated carbocycles. The van der Waals surface area contributed by atoms with Crippen molar-refractivity contribution in [3.05, 3.63) is 36.2 Å². The Morgan fingerprint density at radius 2 is 2.26 bits per heavy atom. The van der Waals surface area contributed by atoms with Crippen LogP contribution < -0.4 is 5.32 Å². The highest BCUT2D eigenvalue weighted by Crippen LogP contribution is 2.21. The van der Waals surface area contributed by atoms with Crippen LogP contribution >= 0.6 is 11.8 Å². The first-order valence-electron chi connectivity index (χ1n) is 5.94. The lowest BCUT2D eigenvalue weighted by molar-refractivity contribution is -0.115. The number of carbonyl (C=O) groups is 1. The van der Waals surface area contributed by atoms with Crippen LogP contribution in [-0.2, 0) is 11.8 Å². The Morgan fingerprint density at radius 3 is 2.89 bits per heavy atom. The van der Waals surface area contributed by atoms with Crippen molar-refractivity contribution in [1.82, 2.24) is 14.8 Å². The fraction of sp³-hybridized carbons (Fsp3) is 0.308. The van der Waals surface area contributed by atoms with Crippen molar-refractivity contribution in [1.29, 1.82) is 0 Å². The van der Waals surface area contributed by atoms with Crippen molar-refractivity contribution in [2.45, 2.75) is 24.3 Å². The molecule has 1 aromatic carbocycles. The van der Waals surface area contributed by atoms with E-state index in [1.54, 1.807) is 10.9 Å². The van der Waals surface area contributed by atoms with E-state index in [2.05, 4.69) is 15.5 Å². The maximum Gasteiger partial charge on any atom is 0.237 e. The van der Waals surface area contributed by atoms with Crippen LogP contribution in [0.3, 0.4) is 0 Å². The van der Waals surface area contributed by atoms with Gasteiger partial charge in [0.15, 0.2) is 5.16 Å². The lowest BCUT2D eigenvalue weighted by Gasteiger charge is -2.11. The fourth-order valence-electron chi connectivity index (χ4n) is 1.56. The van der Waals surface area contributed by atoms with Gasteiger partial charge in [-0.3, -0.25) is 4.79 Å². The highest BCUT2D eigenvalue weighted by atomic mass is 32.2. The molecule has 1 N–H and O–H groups in total. The van der Waals surface area contributed by atoms with E-state index < -0.39 is 0 Å². The van der Waals surface area contributed by atoms with Gasteiger partial charge in [0.05, 0.1) is 5.25 Å². The Balaban J connectivity index is 1.98. The first-order valence-corrected chi connectivity index (χ1v) is 6.82. The Hall–Kier alpha value is -1.82. The summed E-state index contributed by atoms with van der Waals surface area (Å²) in [6.07, 6.45) is 1.62. The topological polar surface area (TPSA) is 59.8 Å². The minimum absolute atomic E-state index is 0.0430. The fourth-order valence-corrected chi connectivity index (χ4v) is 2.35. The number of hydrogen-bond acceptors (Lipinski definition) is 4. The normalized spacial score (nSPS) is 12.2. The van der Waals surface area contributed by atoms with Crippen LogP contribution in [0.4, 0.5) is 5.69 Å². The van der Waals surface area contributed by atoms with E-state index in [1.807, 2.05) is 45.2 Å². The van der Waals surface area contributed by atoms with Crippen LogP contribution in [0.5, 0.6) is 0 Å². The van der Waals surface area contributed by atoms with Crippen LogP contribution in [0.1, 0.15) is 12.5 Å². The summed E-state index contributed by atoms with van der Waals surface area (Å²) in [6.45, 7) is 3.85. The Morgan fingerprint density at radius 1 is 1.47 bits per heavy atom. The molecule has 2 aromatic rings. The number of anilines is 1. The van der Waals surface area contributed by atoms with Gasteiger partial charge in [-0.15, -0.1) is 10.2 Å². The van der Waals surface area contributed by atoms with Gasteiger partial charge in [0.1, 0.15) is 6.33 Å². The van der Waals surface area contributed by atoms with Crippen LogP contribution in [0.2, 0.25) is 0 Å². The van der Waals surface area contributed by atoms with Gasteiger partial charge >= 0.3 is 0 Å². The van der Waals surface area contributed by atoms with Crippen molar-refractivity contribution in [2.75, 3.05) is 5.32 Å². The first-order chi connectivity index (χ1) is 9.06. The summed E-state index contributed by atoms with van der Waals surface area (Å²) in [7, 11) is 1.85. The van der Waals surface area contributed by atoms with E-state index >= 15 is 0 Å². The van der Waals surface area contributed by atoms with Crippen LogP contribution in [-0.4, -0.2) is 25.9 Å². The number of aryl methyl sites for hydroxylation is 2. The van der Waals surface area contributed by atoms with Gasteiger partial charge in [0.2, 0.25) is 5.91 Å². The minimum atomic E-state index is -0.233. The van der Waals surface area contributed by atoms with Gasteiger partial charge in [0.25, 0.3) is 0 Å². The van der Waals surface area contributed by atoms with E-state index in [9.17, 15) is 4.79 Å². The Bertz CT molecular complexity index is 582. The van der Waals surface area contributed by atoms with Crippen molar-refractivity contribution < 1.29 is 4.79 Å². The molecule has 1 aromatic heterocycles. The lowest BCUT2D eigenvalue weighted by Crippen LogP contribution is -2.22. The molecule has 0 bridgehead atoms. The molecule has 100 valence electrons. The van der Waals surface area contributed by atoms with Gasteiger partial charge in [-0.25, -0.2) is 0 Å². The van der Waals surface area contributed by atoms with Gasteiger partial charge in [-0.05, 0) is 31.5 Å². The molecule has 0 unspecified atom stereocenters. The van der Waals surface area contributed by atoms with Gasteiger partial charge in [0, 0.05) is 12.7 Å². The zero-order valence-corrected chi connectivity index (χ0v) is 11.9. The number of hydrogen-bond donors (Lipinski definition) is 1. The standard InChI is InChI=1S/C13H16N4OS/c1-9-5-4-6-11(7-9)15-12(18)10(2)19-13-16-14-8-17(13)3/h4-8,10H,1-3H3,(H,15,18)/t10-/m1/s1. The molecule has 0 fully saturated rings. The molecule has 0 aliphatic carbocycles. The van der Waals surface area contributed by atoms with E-state index in [1.165, 1.54) is 11.8 Å². The van der Waals surface area contributed by atoms with Crippen LogP contribution in [0.25, 0.3) is 0 Å². The zero-order chi connectivity index (χ0) is 13.8. The van der Waals surface area contributed by atoms with E-state index in [-0.39, 0.29) is 11.2 Å². The molecule has 1 atom stereocenters. The summed E-state index contributed by atoms with van der Waals surface area (Å²) >= 11 is 1.39. The molecular weight excluding hydrogens is 260 g/mol.